The van der Waals surface area contributed by atoms with Crippen molar-refractivity contribution in [2.24, 2.45) is 0 Å². The molecule has 0 unspecified atom stereocenters. The molecular weight excluding hydrogens is 261 g/mol. The van der Waals surface area contributed by atoms with Gasteiger partial charge in [-0.05, 0) is 19.1 Å². The fraction of sp³-hybridized carbons (Fsp3) is 0.333. The topological polar surface area (TPSA) is 55.4 Å². The number of benzene rings is 1. The summed E-state index contributed by atoms with van der Waals surface area (Å²) in [5, 5.41) is 2.44. The average Bonchev–Trinajstić information content (AvgIpc) is 2.29. The van der Waals surface area contributed by atoms with Gasteiger partial charge in [-0.3, -0.25) is 9.59 Å². The molecule has 1 N–H and O–H groups in total. The molecule has 0 atom stereocenters. The van der Waals surface area contributed by atoms with Gasteiger partial charge in [-0.1, -0.05) is 17.7 Å². The van der Waals surface area contributed by atoms with Gasteiger partial charge in [-0.25, -0.2) is 4.39 Å². The Morgan fingerprint density at radius 3 is 2.78 bits per heavy atom. The molecular formula is C12H13ClFNO3. The molecule has 0 aromatic heterocycles. The molecule has 1 amide bonds. The summed E-state index contributed by atoms with van der Waals surface area (Å²) >= 11 is 5.72. The summed E-state index contributed by atoms with van der Waals surface area (Å²) in [6, 6.07) is 3.98. The molecule has 0 bridgehead atoms. The Kier molecular flexibility index (Phi) is 5.58. The number of amides is 1. The predicted octanol–water partition coefficient (Wildman–Crippen LogP) is 2.16. The van der Waals surface area contributed by atoms with Crippen molar-refractivity contribution < 1.29 is 18.7 Å². The maximum Gasteiger partial charge on any atom is 0.307 e. The Labute approximate surface area is 109 Å². The minimum atomic E-state index is -0.698. The first-order valence-electron chi connectivity index (χ1n) is 5.44. The largest absolute Gasteiger partial charge is 0.466 e. The maximum atomic E-state index is 13.4. The first kappa shape index (κ1) is 14.4. The van der Waals surface area contributed by atoms with E-state index in [0.717, 1.165) is 6.07 Å². The molecule has 0 heterocycles. The van der Waals surface area contributed by atoms with Crippen LogP contribution in [0, 0.1) is 5.82 Å². The van der Waals surface area contributed by atoms with Crippen molar-refractivity contribution in [3.05, 3.63) is 34.6 Å². The lowest BCUT2D eigenvalue weighted by Crippen LogP contribution is -2.27. The van der Waals surface area contributed by atoms with E-state index in [9.17, 15) is 14.0 Å². The number of hydrogen-bond acceptors (Lipinski definition) is 3. The van der Waals surface area contributed by atoms with Crippen LogP contribution >= 0.6 is 11.6 Å². The van der Waals surface area contributed by atoms with Gasteiger partial charge in [0.05, 0.1) is 23.6 Å². The highest BCUT2D eigenvalue weighted by Crippen LogP contribution is 2.18. The zero-order valence-electron chi connectivity index (χ0n) is 9.83. The third-order valence-corrected chi connectivity index (χ3v) is 2.42. The minimum Gasteiger partial charge on any atom is -0.466 e. The molecule has 0 saturated carbocycles. The average molecular weight is 274 g/mol. The normalized spacial score (nSPS) is 9.94. The molecule has 0 aliphatic heterocycles. The monoisotopic (exact) mass is 273 g/mol. The highest BCUT2D eigenvalue weighted by Gasteiger charge is 2.15. The second kappa shape index (κ2) is 6.96. The zero-order chi connectivity index (χ0) is 13.5. The summed E-state index contributed by atoms with van der Waals surface area (Å²) < 4.78 is 18.1. The van der Waals surface area contributed by atoms with E-state index in [4.69, 9.17) is 11.6 Å². The van der Waals surface area contributed by atoms with Crippen LogP contribution in [0.25, 0.3) is 0 Å². The highest BCUT2D eigenvalue weighted by molar-refractivity contribution is 6.33. The van der Waals surface area contributed by atoms with E-state index in [0.29, 0.717) is 0 Å². The lowest BCUT2D eigenvalue weighted by atomic mass is 10.2. The Morgan fingerprint density at radius 2 is 2.17 bits per heavy atom. The first-order valence-corrected chi connectivity index (χ1v) is 5.82. The van der Waals surface area contributed by atoms with Crippen LogP contribution in [0.1, 0.15) is 23.7 Å². The zero-order valence-corrected chi connectivity index (χ0v) is 10.6. The van der Waals surface area contributed by atoms with Crippen LogP contribution in [0.2, 0.25) is 5.02 Å². The molecule has 98 valence electrons. The Bertz CT molecular complexity index is 431. The quantitative estimate of drug-likeness (QED) is 0.837. The molecule has 0 aliphatic rings. The van der Waals surface area contributed by atoms with E-state index in [2.05, 4.69) is 10.1 Å². The van der Waals surface area contributed by atoms with E-state index in [1.807, 2.05) is 0 Å². The lowest BCUT2D eigenvalue weighted by molar-refractivity contribution is -0.142. The predicted molar refractivity (Wildman–Crippen MR) is 65.0 cm³/mol. The second-order valence-corrected chi connectivity index (χ2v) is 3.81. The van der Waals surface area contributed by atoms with Crippen molar-refractivity contribution in [1.82, 2.24) is 5.32 Å². The molecule has 0 spiro atoms. The Morgan fingerprint density at radius 1 is 1.44 bits per heavy atom. The van der Waals surface area contributed by atoms with Crippen molar-refractivity contribution in [3.8, 4) is 0 Å². The van der Waals surface area contributed by atoms with Crippen LogP contribution in [0.3, 0.4) is 0 Å². The van der Waals surface area contributed by atoms with Gasteiger partial charge in [0.2, 0.25) is 0 Å². The lowest BCUT2D eigenvalue weighted by Gasteiger charge is -2.07. The van der Waals surface area contributed by atoms with Crippen LogP contribution in [0.5, 0.6) is 0 Å². The molecule has 0 radical (unpaired) electrons. The van der Waals surface area contributed by atoms with Crippen molar-refractivity contribution >= 4 is 23.5 Å². The van der Waals surface area contributed by atoms with Gasteiger partial charge < -0.3 is 10.1 Å². The molecule has 0 saturated heterocycles. The van der Waals surface area contributed by atoms with Crippen molar-refractivity contribution in [3.63, 3.8) is 0 Å². The van der Waals surface area contributed by atoms with E-state index in [1.54, 1.807) is 6.92 Å². The summed E-state index contributed by atoms with van der Waals surface area (Å²) in [4.78, 5) is 22.7. The van der Waals surface area contributed by atoms with E-state index < -0.39 is 17.7 Å². The Balaban J connectivity index is 2.53. The highest BCUT2D eigenvalue weighted by atomic mass is 35.5. The van der Waals surface area contributed by atoms with Crippen LogP contribution in [0.15, 0.2) is 18.2 Å². The van der Waals surface area contributed by atoms with Gasteiger partial charge in [-0.15, -0.1) is 0 Å². The van der Waals surface area contributed by atoms with Crippen LogP contribution in [-0.2, 0) is 9.53 Å². The van der Waals surface area contributed by atoms with Gasteiger partial charge >= 0.3 is 5.97 Å². The van der Waals surface area contributed by atoms with E-state index >= 15 is 0 Å². The summed E-state index contributed by atoms with van der Waals surface area (Å²) in [7, 11) is 0. The summed E-state index contributed by atoms with van der Waals surface area (Å²) in [5.41, 5.74) is -0.219. The molecule has 0 fully saturated rings. The summed E-state index contributed by atoms with van der Waals surface area (Å²) in [6.07, 6.45) is 0.0334. The first-order chi connectivity index (χ1) is 8.56. The van der Waals surface area contributed by atoms with E-state index in [1.165, 1.54) is 12.1 Å². The summed E-state index contributed by atoms with van der Waals surface area (Å²) in [5.74, 6) is -1.77. The van der Waals surface area contributed by atoms with Gasteiger partial charge in [0.25, 0.3) is 5.91 Å². The van der Waals surface area contributed by atoms with E-state index in [-0.39, 0.29) is 30.2 Å². The Hall–Kier alpha value is -1.62. The molecule has 6 heteroatoms. The number of esters is 1. The fourth-order valence-corrected chi connectivity index (χ4v) is 1.56. The van der Waals surface area contributed by atoms with Crippen LogP contribution < -0.4 is 5.32 Å². The van der Waals surface area contributed by atoms with Crippen molar-refractivity contribution in [2.75, 3.05) is 13.2 Å². The number of halogens is 2. The third-order valence-electron chi connectivity index (χ3n) is 2.11. The molecule has 4 nitrogen and oxygen atoms in total. The van der Waals surface area contributed by atoms with Gasteiger partial charge in [-0.2, -0.15) is 0 Å². The summed E-state index contributed by atoms with van der Waals surface area (Å²) in [6.45, 7) is 2.05. The minimum absolute atomic E-state index is 0.0311. The van der Waals surface area contributed by atoms with Gasteiger partial charge in [0.1, 0.15) is 5.82 Å². The standard InChI is InChI=1S/C12H13ClFNO3/c1-2-18-10(16)6-7-15-12(17)11-8(13)4-3-5-9(11)14/h3-5H,2,6-7H2,1H3,(H,15,17). The molecule has 1 rings (SSSR count). The molecule has 0 aliphatic carbocycles. The maximum absolute atomic E-state index is 13.4. The van der Waals surface area contributed by atoms with Crippen molar-refractivity contribution in [1.29, 1.82) is 0 Å². The second-order valence-electron chi connectivity index (χ2n) is 3.41. The van der Waals surface area contributed by atoms with Gasteiger partial charge in [0, 0.05) is 6.54 Å². The number of ether oxygens (including phenoxy) is 1. The number of carbonyl (C=O) groups is 2. The molecule has 1 aromatic carbocycles. The number of hydrogen-bond donors (Lipinski definition) is 1. The van der Waals surface area contributed by atoms with Crippen LogP contribution in [-0.4, -0.2) is 25.0 Å². The fourth-order valence-electron chi connectivity index (χ4n) is 1.31. The smallest absolute Gasteiger partial charge is 0.307 e. The number of nitrogens with one attached hydrogen (secondary N) is 1. The third kappa shape index (κ3) is 4.00. The number of carbonyl (C=O) groups excluding carboxylic acids is 2. The molecule has 1 aromatic rings. The molecule has 18 heavy (non-hydrogen) atoms. The SMILES string of the molecule is CCOC(=O)CCNC(=O)c1c(F)cccc1Cl. The van der Waals surface area contributed by atoms with Crippen molar-refractivity contribution in [2.45, 2.75) is 13.3 Å². The van der Waals surface area contributed by atoms with Gasteiger partial charge in [0.15, 0.2) is 0 Å². The number of rotatable bonds is 5. The van der Waals surface area contributed by atoms with Crippen LogP contribution in [0.4, 0.5) is 4.39 Å².